The summed E-state index contributed by atoms with van der Waals surface area (Å²) in [6.45, 7) is 7.35. The normalized spacial score (nSPS) is 11.5. The predicted octanol–water partition coefficient (Wildman–Crippen LogP) is 3.10. The van der Waals surface area contributed by atoms with Crippen molar-refractivity contribution in [2.24, 2.45) is 0 Å². The Hall–Kier alpha value is -1.07. The number of rotatable bonds is 6. The Balaban J connectivity index is 2.22. The molecule has 0 fully saturated rings. The SMILES string of the molecule is CN(CCOC(=O)COc1ccc(Br)cc1)C(C)(C)C. The van der Waals surface area contributed by atoms with Crippen molar-refractivity contribution in [3.05, 3.63) is 28.7 Å². The molecule has 5 heteroatoms. The van der Waals surface area contributed by atoms with E-state index in [0.29, 0.717) is 18.9 Å². The van der Waals surface area contributed by atoms with Gasteiger partial charge in [-0.25, -0.2) is 4.79 Å². The fraction of sp³-hybridized carbons (Fsp3) is 0.533. The largest absolute Gasteiger partial charge is 0.482 e. The van der Waals surface area contributed by atoms with E-state index in [9.17, 15) is 4.79 Å². The maximum absolute atomic E-state index is 11.5. The Labute approximate surface area is 129 Å². The lowest BCUT2D eigenvalue weighted by atomic mass is 10.1. The van der Waals surface area contributed by atoms with Crippen LogP contribution in [0.5, 0.6) is 5.75 Å². The summed E-state index contributed by atoms with van der Waals surface area (Å²) in [5, 5.41) is 0. The third kappa shape index (κ3) is 6.39. The van der Waals surface area contributed by atoms with Crippen LogP contribution in [0.2, 0.25) is 0 Å². The second kappa shape index (κ2) is 7.64. The van der Waals surface area contributed by atoms with Gasteiger partial charge >= 0.3 is 5.97 Å². The second-order valence-corrected chi connectivity index (χ2v) is 6.47. The van der Waals surface area contributed by atoms with Gasteiger partial charge in [0.2, 0.25) is 0 Å². The molecule has 0 aliphatic rings. The molecule has 4 nitrogen and oxygen atoms in total. The number of carbonyl (C=O) groups is 1. The summed E-state index contributed by atoms with van der Waals surface area (Å²) in [7, 11) is 2.01. The van der Waals surface area contributed by atoms with Gasteiger partial charge in [0, 0.05) is 16.6 Å². The van der Waals surface area contributed by atoms with Gasteiger partial charge in [0.05, 0.1) is 0 Å². The number of likely N-dealkylation sites (N-methyl/N-ethyl adjacent to an activating group) is 1. The van der Waals surface area contributed by atoms with Gasteiger partial charge in [-0.2, -0.15) is 0 Å². The summed E-state index contributed by atoms with van der Waals surface area (Å²) in [6.07, 6.45) is 0. The van der Waals surface area contributed by atoms with Crippen molar-refractivity contribution in [1.82, 2.24) is 4.90 Å². The molecule has 0 radical (unpaired) electrons. The van der Waals surface area contributed by atoms with Crippen LogP contribution in [0.4, 0.5) is 0 Å². The number of hydrogen-bond donors (Lipinski definition) is 0. The van der Waals surface area contributed by atoms with Crippen LogP contribution < -0.4 is 4.74 Å². The van der Waals surface area contributed by atoms with Crippen molar-refractivity contribution in [3.8, 4) is 5.75 Å². The van der Waals surface area contributed by atoms with Crippen molar-refractivity contribution >= 4 is 21.9 Å². The van der Waals surface area contributed by atoms with Crippen molar-refractivity contribution < 1.29 is 14.3 Å². The number of benzene rings is 1. The molecule has 0 spiro atoms. The average Bonchev–Trinajstić information content (AvgIpc) is 2.37. The third-order valence-corrected chi connectivity index (χ3v) is 3.53. The summed E-state index contributed by atoms with van der Waals surface area (Å²) in [4.78, 5) is 13.7. The highest BCUT2D eigenvalue weighted by Gasteiger charge is 2.16. The minimum absolute atomic E-state index is 0.0686. The second-order valence-electron chi connectivity index (χ2n) is 5.56. The Morgan fingerprint density at radius 2 is 1.85 bits per heavy atom. The molecule has 0 unspecified atom stereocenters. The fourth-order valence-corrected chi connectivity index (χ4v) is 1.61. The highest BCUT2D eigenvalue weighted by atomic mass is 79.9. The van der Waals surface area contributed by atoms with E-state index in [4.69, 9.17) is 9.47 Å². The molecule has 0 heterocycles. The zero-order valence-corrected chi connectivity index (χ0v) is 14.1. The predicted molar refractivity (Wildman–Crippen MR) is 83.0 cm³/mol. The molecule has 1 rings (SSSR count). The first-order valence-electron chi connectivity index (χ1n) is 6.54. The molecule has 0 saturated carbocycles. The first-order valence-corrected chi connectivity index (χ1v) is 7.33. The van der Waals surface area contributed by atoms with Crippen molar-refractivity contribution in [2.75, 3.05) is 26.8 Å². The lowest BCUT2D eigenvalue weighted by Gasteiger charge is -2.31. The number of ether oxygens (including phenoxy) is 2. The van der Waals surface area contributed by atoms with Crippen molar-refractivity contribution in [1.29, 1.82) is 0 Å². The third-order valence-electron chi connectivity index (χ3n) is 3.01. The molecule has 1 aromatic carbocycles. The van der Waals surface area contributed by atoms with E-state index in [-0.39, 0.29) is 18.1 Å². The molecule has 1 aromatic rings. The fourth-order valence-electron chi connectivity index (χ4n) is 1.35. The summed E-state index contributed by atoms with van der Waals surface area (Å²) < 4.78 is 11.4. The minimum Gasteiger partial charge on any atom is -0.482 e. The van der Waals surface area contributed by atoms with Gasteiger partial charge in [0.15, 0.2) is 6.61 Å². The van der Waals surface area contributed by atoms with Crippen LogP contribution in [0.1, 0.15) is 20.8 Å². The molecule has 0 bridgehead atoms. The Morgan fingerprint density at radius 3 is 2.40 bits per heavy atom. The molecule has 0 N–H and O–H groups in total. The molecular formula is C15H22BrNO3. The van der Waals surface area contributed by atoms with Gasteiger partial charge in [-0.3, -0.25) is 4.90 Å². The highest BCUT2D eigenvalue weighted by Crippen LogP contribution is 2.16. The summed E-state index contributed by atoms with van der Waals surface area (Å²) in [5.41, 5.74) is 0.0698. The highest BCUT2D eigenvalue weighted by molar-refractivity contribution is 9.10. The summed E-state index contributed by atoms with van der Waals surface area (Å²) >= 11 is 3.34. The van der Waals surface area contributed by atoms with E-state index in [1.165, 1.54) is 0 Å². The lowest BCUT2D eigenvalue weighted by Crippen LogP contribution is -2.40. The van der Waals surface area contributed by atoms with Crippen LogP contribution >= 0.6 is 15.9 Å². The molecule has 0 aromatic heterocycles. The summed E-state index contributed by atoms with van der Waals surface area (Å²) in [5.74, 6) is 0.298. The summed E-state index contributed by atoms with van der Waals surface area (Å²) in [6, 6.07) is 7.31. The maximum Gasteiger partial charge on any atom is 0.344 e. The monoisotopic (exact) mass is 343 g/mol. The van der Waals surface area contributed by atoms with E-state index in [2.05, 4.69) is 41.6 Å². The number of carbonyl (C=O) groups excluding carboxylic acids is 1. The van der Waals surface area contributed by atoms with Gasteiger partial charge in [-0.1, -0.05) is 15.9 Å². The molecule has 0 amide bonds. The van der Waals surface area contributed by atoms with Crippen LogP contribution in [-0.2, 0) is 9.53 Å². The zero-order valence-electron chi connectivity index (χ0n) is 12.5. The molecule has 20 heavy (non-hydrogen) atoms. The number of nitrogens with zero attached hydrogens (tertiary/aromatic N) is 1. The number of halogens is 1. The van der Waals surface area contributed by atoms with Crippen molar-refractivity contribution in [3.63, 3.8) is 0 Å². The molecule has 0 aliphatic carbocycles. The minimum atomic E-state index is -0.352. The number of hydrogen-bond acceptors (Lipinski definition) is 4. The van der Waals surface area contributed by atoms with Gasteiger partial charge in [-0.15, -0.1) is 0 Å². The van der Waals surface area contributed by atoms with Crippen LogP contribution in [0.25, 0.3) is 0 Å². The quantitative estimate of drug-likeness (QED) is 0.744. The smallest absolute Gasteiger partial charge is 0.344 e. The van der Waals surface area contributed by atoms with Crippen LogP contribution in [0.3, 0.4) is 0 Å². The van der Waals surface area contributed by atoms with E-state index in [1.54, 1.807) is 12.1 Å². The van der Waals surface area contributed by atoms with E-state index < -0.39 is 0 Å². The van der Waals surface area contributed by atoms with Gasteiger partial charge < -0.3 is 9.47 Å². The Bertz CT molecular complexity index is 426. The van der Waals surface area contributed by atoms with Crippen LogP contribution in [0, 0.1) is 0 Å². The van der Waals surface area contributed by atoms with Gasteiger partial charge in [-0.05, 0) is 52.1 Å². The first kappa shape index (κ1) is 17.0. The van der Waals surface area contributed by atoms with Gasteiger partial charge in [0.1, 0.15) is 12.4 Å². The van der Waals surface area contributed by atoms with Crippen LogP contribution in [-0.4, -0.2) is 43.2 Å². The molecule has 0 aliphatic heterocycles. The Kier molecular flexibility index (Phi) is 6.49. The van der Waals surface area contributed by atoms with E-state index in [1.807, 2.05) is 19.2 Å². The molecular weight excluding hydrogens is 322 g/mol. The van der Waals surface area contributed by atoms with Crippen LogP contribution in [0.15, 0.2) is 28.7 Å². The number of esters is 1. The van der Waals surface area contributed by atoms with E-state index in [0.717, 1.165) is 4.47 Å². The van der Waals surface area contributed by atoms with Gasteiger partial charge in [0.25, 0.3) is 0 Å². The van der Waals surface area contributed by atoms with E-state index >= 15 is 0 Å². The van der Waals surface area contributed by atoms with Crippen molar-refractivity contribution in [2.45, 2.75) is 26.3 Å². The maximum atomic E-state index is 11.5. The standard InChI is InChI=1S/C15H22BrNO3/c1-15(2,3)17(4)9-10-19-14(18)11-20-13-7-5-12(16)6-8-13/h5-8H,9-11H2,1-4H3. The first-order chi connectivity index (χ1) is 9.29. The average molecular weight is 344 g/mol. The molecule has 0 saturated heterocycles. The molecule has 112 valence electrons. The zero-order chi connectivity index (χ0) is 15.2. The Morgan fingerprint density at radius 1 is 1.25 bits per heavy atom. The topological polar surface area (TPSA) is 38.8 Å². The lowest BCUT2D eigenvalue weighted by molar-refractivity contribution is -0.146. The molecule has 0 atom stereocenters.